The molecule has 0 radical (unpaired) electrons. The zero-order valence-electron chi connectivity index (χ0n) is 16.7. The average molecular weight is 433 g/mol. The van der Waals surface area contributed by atoms with E-state index in [4.69, 9.17) is 9.15 Å². The summed E-state index contributed by atoms with van der Waals surface area (Å²) in [5.74, 6) is 1.15. The average Bonchev–Trinajstić information content (AvgIpc) is 3.29. The highest BCUT2D eigenvalue weighted by Crippen LogP contribution is 2.25. The standard InChI is InChI=1S/C23H20N4O3S/c1-29-20-13-7-16(8-14-20)22-26-27-23(30-22)31-15-21(28)25-19-11-9-18(10-12-19)24-17-5-3-2-4-6-17/h2-14,24H,15H2,1H3,(H,25,28). The maximum absolute atomic E-state index is 12.3. The van der Waals surface area contributed by atoms with Gasteiger partial charge in [-0.25, -0.2) is 0 Å². The molecule has 0 saturated heterocycles. The Morgan fingerprint density at radius 3 is 2.29 bits per heavy atom. The molecule has 0 aliphatic rings. The summed E-state index contributed by atoms with van der Waals surface area (Å²) in [6.07, 6.45) is 0. The minimum Gasteiger partial charge on any atom is -0.497 e. The highest BCUT2D eigenvalue weighted by Gasteiger charge is 2.11. The summed E-state index contributed by atoms with van der Waals surface area (Å²) in [6, 6.07) is 24.7. The van der Waals surface area contributed by atoms with Gasteiger partial charge in [-0.1, -0.05) is 30.0 Å². The van der Waals surface area contributed by atoms with Crippen molar-refractivity contribution in [2.75, 3.05) is 23.5 Å². The summed E-state index contributed by atoms with van der Waals surface area (Å²) < 4.78 is 10.8. The van der Waals surface area contributed by atoms with Gasteiger partial charge < -0.3 is 19.8 Å². The summed E-state index contributed by atoms with van der Waals surface area (Å²) in [4.78, 5) is 12.3. The van der Waals surface area contributed by atoms with Crippen molar-refractivity contribution in [1.82, 2.24) is 10.2 Å². The van der Waals surface area contributed by atoms with Crippen molar-refractivity contribution in [3.8, 4) is 17.2 Å². The number of amides is 1. The number of para-hydroxylation sites is 1. The van der Waals surface area contributed by atoms with Crippen LogP contribution >= 0.6 is 11.8 Å². The Morgan fingerprint density at radius 2 is 1.58 bits per heavy atom. The third-order valence-corrected chi connectivity index (χ3v) is 5.12. The van der Waals surface area contributed by atoms with E-state index in [-0.39, 0.29) is 11.7 Å². The molecule has 0 aliphatic carbocycles. The van der Waals surface area contributed by atoms with E-state index < -0.39 is 0 Å². The zero-order chi connectivity index (χ0) is 21.5. The van der Waals surface area contributed by atoms with Crippen LogP contribution in [-0.2, 0) is 4.79 Å². The quantitative estimate of drug-likeness (QED) is 0.369. The van der Waals surface area contributed by atoms with E-state index >= 15 is 0 Å². The van der Waals surface area contributed by atoms with Crippen LogP contribution in [0.3, 0.4) is 0 Å². The Balaban J connectivity index is 1.28. The van der Waals surface area contributed by atoms with E-state index in [2.05, 4.69) is 20.8 Å². The molecule has 2 N–H and O–H groups in total. The number of carbonyl (C=O) groups is 1. The predicted molar refractivity (Wildman–Crippen MR) is 122 cm³/mol. The van der Waals surface area contributed by atoms with Gasteiger partial charge in [0.2, 0.25) is 11.8 Å². The van der Waals surface area contributed by atoms with Gasteiger partial charge in [-0.15, -0.1) is 10.2 Å². The molecular formula is C23H20N4O3S. The van der Waals surface area contributed by atoms with E-state index in [1.807, 2.05) is 78.9 Å². The number of rotatable bonds is 8. The first-order chi connectivity index (χ1) is 15.2. The Kier molecular flexibility index (Phi) is 6.49. The molecule has 3 aromatic carbocycles. The second kappa shape index (κ2) is 9.82. The van der Waals surface area contributed by atoms with Crippen LogP contribution in [0.4, 0.5) is 17.1 Å². The number of benzene rings is 3. The molecule has 4 aromatic rings. The number of nitrogens with zero attached hydrogens (tertiary/aromatic N) is 2. The van der Waals surface area contributed by atoms with Crippen molar-refractivity contribution in [3.63, 3.8) is 0 Å². The van der Waals surface area contributed by atoms with E-state index in [9.17, 15) is 4.79 Å². The van der Waals surface area contributed by atoms with Crippen molar-refractivity contribution in [2.24, 2.45) is 0 Å². The number of nitrogens with one attached hydrogen (secondary N) is 2. The molecule has 4 rings (SSSR count). The van der Waals surface area contributed by atoms with Crippen molar-refractivity contribution < 1.29 is 13.9 Å². The SMILES string of the molecule is COc1ccc(-c2nnc(SCC(=O)Nc3ccc(Nc4ccccc4)cc3)o2)cc1. The highest BCUT2D eigenvalue weighted by molar-refractivity contribution is 7.99. The largest absolute Gasteiger partial charge is 0.497 e. The summed E-state index contributed by atoms with van der Waals surface area (Å²) >= 11 is 1.19. The molecule has 0 bridgehead atoms. The Labute approximate surface area is 183 Å². The summed E-state index contributed by atoms with van der Waals surface area (Å²) in [7, 11) is 1.61. The van der Waals surface area contributed by atoms with Crippen LogP contribution in [0.5, 0.6) is 5.75 Å². The fourth-order valence-electron chi connectivity index (χ4n) is 2.77. The monoisotopic (exact) mass is 432 g/mol. The molecule has 0 aliphatic heterocycles. The molecule has 0 saturated carbocycles. The fourth-order valence-corrected chi connectivity index (χ4v) is 3.33. The third-order valence-electron chi connectivity index (χ3n) is 4.30. The van der Waals surface area contributed by atoms with E-state index in [1.165, 1.54) is 11.8 Å². The number of hydrogen-bond donors (Lipinski definition) is 2. The van der Waals surface area contributed by atoms with E-state index in [0.717, 1.165) is 22.7 Å². The molecular weight excluding hydrogens is 412 g/mol. The number of methoxy groups -OCH3 is 1. The van der Waals surface area contributed by atoms with Crippen LogP contribution in [0.2, 0.25) is 0 Å². The van der Waals surface area contributed by atoms with E-state index in [1.54, 1.807) is 7.11 Å². The minimum atomic E-state index is -0.155. The third kappa shape index (κ3) is 5.64. The fraction of sp³-hybridized carbons (Fsp3) is 0.0870. The van der Waals surface area contributed by atoms with Crippen molar-refractivity contribution in [1.29, 1.82) is 0 Å². The van der Waals surface area contributed by atoms with Crippen molar-refractivity contribution in [3.05, 3.63) is 78.9 Å². The topological polar surface area (TPSA) is 89.3 Å². The number of hydrogen-bond acceptors (Lipinski definition) is 7. The highest BCUT2D eigenvalue weighted by atomic mass is 32.2. The van der Waals surface area contributed by atoms with Crippen LogP contribution in [0.15, 0.2) is 88.5 Å². The number of anilines is 3. The lowest BCUT2D eigenvalue weighted by Gasteiger charge is -2.08. The predicted octanol–water partition coefficient (Wildman–Crippen LogP) is 5.22. The van der Waals surface area contributed by atoms with Gasteiger partial charge in [0.1, 0.15) is 5.75 Å². The lowest BCUT2D eigenvalue weighted by atomic mass is 10.2. The van der Waals surface area contributed by atoms with Gasteiger partial charge in [0.15, 0.2) is 0 Å². The van der Waals surface area contributed by atoms with Gasteiger partial charge in [0.25, 0.3) is 5.22 Å². The lowest BCUT2D eigenvalue weighted by Crippen LogP contribution is -2.13. The van der Waals surface area contributed by atoms with Gasteiger partial charge in [-0.05, 0) is 60.7 Å². The van der Waals surface area contributed by atoms with Gasteiger partial charge in [-0.3, -0.25) is 4.79 Å². The molecule has 0 fully saturated rings. The lowest BCUT2D eigenvalue weighted by molar-refractivity contribution is -0.113. The molecule has 7 nitrogen and oxygen atoms in total. The van der Waals surface area contributed by atoms with Crippen LogP contribution in [0.25, 0.3) is 11.5 Å². The Hall–Kier alpha value is -3.78. The summed E-state index contributed by atoms with van der Waals surface area (Å²) in [5, 5.41) is 14.5. The number of ether oxygens (including phenoxy) is 1. The number of thioether (sulfide) groups is 1. The van der Waals surface area contributed by atoms with Crippen LogP contribution in [-0.4, -0.2) is 29.0 Å². The smallest absolute Gasteiger partial charge is 0.277 e. The Morgan fingerprint density at radius 1 is 0.903 bits per heavy atom. The normalized spacial score (nSPS) is 10.5. The number of aromatic nitrogens is 2. The van der Waals surface area contributed by atoms with Crippen molar-refractivity contribution in [2.45, 2.75) is 5.22 Å². The molecule has 1 aromatic heterocycles. The van der Waals surface area contributed by atoms with Gasteiger partial charge in [0.05, 0.1) is 12.9 Å². The maximum atomic E-state index is 12.3. The molecule has 31 heavy (non-hydrogen) atoms. The Bertz CT molecular complexity index is 1130. The van der Waals surface area contributed by atoms with Crippen LogP contribution in [0.1, 0.15) is 0 Å². The second-order valence-electron chi connectivity index (χ2n) is 6.51. The first kappa shape index (κ1) is 20.5. The maximum Gasteiger partial charge on any atom is 0.277 e. The number of carbonyl (C=O) groups excluding carboxylic acids is 1. The van der Waals surface area contributed by atoms with Gasteiger partial charge >= 0.3 is 0 Å². The summed E-state index contributed by atoms with van der Waals surface area (Å²) in [6.45, 7) is 0. The first-order valence-corrected chi connectivity index (χ1v) is 10.5. The second-order valence-corrected chi connectivity index (χ2v) is 7.43. The molecule has 1 heterocycles. The van der Waals surface area contributed by atoms with Crippen LogP contribution in [0, 0.1) is 0 Å². The zero-order valence-corrected chi connectivity index (χ0v) is 17.6. The first-order valence-electron chi connectivity index (χ1n) is 9.52. The molecule has 0 spiro atoms. The summed E-state index contributed by atoms with van der Waals surface area (Å²) in [5.41, 5.74) is 3.45. The van der Waals surface area contributed by atoms with Crippen molar-refractivity contribution >= 4 is 34.7 Å². The molecule has 8 heteroatoms. The van der Waals surface area contributed by atoms with Gasteiger partial charge in [0, 0.05) is 22.6 Å². The van der Waals surface area contributed by atoms with Crippen LogP contribution < -0.4 is 15.4 Å². The molecule has 0 unspecified atom stereocenters. The molecule has 0 atom stereocenters. The minimum absolute atomic E-state index is 0.155. The molecule has 1 amide bonds. The molecule has 156 valence electrons. The van der Waals surface area contributed by atoms with E-state index in [0.29, 0.717) is 16.8 Å². The van der Waals surface area contributed by atoms with Gasteiger partial charge in [-0.2, -0.15) is 0 Å².